The molecular weight excluding hydrogens is 372 g/mol. The quantitative estimate of drug-likeness (QED) is 0.623. The van der Waals surface area contributed by atoms with Crippen LogP contribution in [0, 0.1) is 0 Å². The number of phenolic OH excluding ortho intramolecular Hbond substituents is 1. The van der Waals surface area contributed by atoms with Crippen molar-refractivity contribution < 1.29 is 28.9 Å². The van der Waals surface area contributed by atoms with E-state index in [1.165, 1.54) is 24.6 Å². The summed E-state index contributed by atoms with van der Waals surface area (Å²) in [6.07, 6.45) is 0. The fourth-order valence-corrected chi connectivity index (χ4v) is 2.73. The molecule has 3 aromatic rings. The molecule has 138 valence electrons. The van der Waals surface area contributed by atoms with Gasteiger partial charge in [0.15, 0.2) is 23.5 Å². The largest absolute Gasteiger partial charge is 0.504 e. The third kappa shape index (κ3) is 3.61. The van der Waals surface area contributed by atoms with Gasteiger partial charge in [-0.05, 0) is 5.56 Å². The van der Waals surface area contributed by atoms with Crippen molar-refractivity contribution in [2.45, 2.75) is 0 Å². The lowest BCUT2D eigenvalue weighted by atomic mass is 10.1. The average Bonchev–Trinajstić information content (AvgIpc) is 2.66. The molecule has 0 spiro atoms. The van der Waals surface area contributed by atoms with Crippen molar-refractivity contribution in [2.24, 2.45) is 0 Å². The molecule has 7 nitrogen and oxygen atoms in total. The lowest BCUT2D eigenvalue weighted by Gasteiger charge is -2.13. The molecule has 0 atom stereocenters. The lowest BCUT2D eigenvalue weighted by molar-refractivity contribution is -0.139. The fourth-order valence-electron chi connectivity index (χ4n) is 2.57. The van der Waals surface area contributed by atoms with Crippen LogP contribution in [0.4, 0.5) is 0 Å². The highest BCUT2D eigenvalue weighted by Gasteiger charge is 2.20. The first-order chi connectivity index (χ1) is 12.9. The number of aromatic hydroxyl groups is 1. The molecule has 0 saturated carbocycles. The van der Waals surface area contributed by atoms with Gasteiger partial charge in [0.2, 0.25) is 5.75 Å². The van der Waals surface area contributed by atoms with Gasteiger partial charge in [-0.15, -0.1) is 0 Å². The van der Waals surface area contributed by atoms with Crippen LogP contribution in [0.5, 0.6) is 17.2 Å². The third-order valence-corrected chi connectivity index (χ3v) is 4.07. The zero-order chi connectivity index (χ0) is 19.6. The SMILES string of the molecule is COc1c(OCC(=O)O)cc2oc(-c3ccc(C=S)cc3)cc(=O)c2c1O. The van der Waals surface area contributed by atoms with E-state index in [9.17, 15) is 14.7 Å². The Morgan fingerprint density at radius 2 is 1.96 bits per heavy atom. The van der Waals surface area contributed by atoms with E-state index in [-0.39, 0.29) is 28.2 Å². The number of aliphatic carboxylic acids is 1. The number of phenols is 1. The van der Waals surface area contributed by atoms with E-state index in [1.807, 2.05) is 0 Å². The minimum atomic E-state index is -1.20. The number of hydrogen-bond donors (Lipinski definition) is 2. The van der Waals surface area contributed by atoms with Crippen molar-refractivity contribution in [3.05, 3.63) is 52.2 Å². The van der Waals surface area contributed by atoms with E-state index in [1.54, 1.807) is 24.3 Å². The Kier molecular flexibility index (Phi) is 5.09. The van der Waals surface area contributed by atoms with E-state index >= 15 is 0 Å². The van der Waals surface area contributed by atoms with E-state index in [0.717, 1.165) is 5.56 Å². The molecule has 0 unspecified atom stereocenters. The summed E-state index contributed by atoms with van der Waals surface area (Å²) in [6.45, 7) is -0.649. The van der Waals surface area contributed by atoms with Crippen molar-refractivity contribution in [2.75, 3.05) is 13.7 Å². The first-order valence-corrected chi connectivity index (χ1v) is 8.19. The van der Waals surface area contributed by atoms with E-state index < -0.39 is 23.8 Å². The van der Waals surface area contributed by atoms with Crippen LogP contribution in [0.25, 0.3) is 22.3 Å². The molecule has 0 fully saturated rings. The monoisotopic (exact) mass is 386 g/mol. The maximum Gasteiger partial charge on any atom is 0.341 e. The van der Waals surface area contributed by atoms with E-state index in [2.05, 4.69) is 0 Å². The number of fused-ring (bicyclic) bond motifs is 1. The van der Waals surface area contributed by atoms with Crippen molar-refractivity contribution in [1.82, 2.24) is 0 Å². The van der Waals surface area contributed by atoms with E-state index in [0.29, 0.717) is 5.56 Å². The van der Waals surface area contributed by atoms with Crippen molar-refractivity contribution in [3.8, 4) is 28.6 Å². The number of carbonyl (C=O) groups is 1. The molecule has 0 aliphatic carbocycles. The Bertz CT molecular complexity index is 1080. The molecule has 2 aromatic carbocycles. The summed E-state index contributed by atoms with van der Waals surface area (Å²) in [5.41, 5.74) is 1.03. The lowest BCUT2D eigenvalue weighted by Crippen LogP contribution is -2.10. The molecule has 8 heteroatoms. The van der Waals surface area contributed by atoms with Crippen LogP contribution in [-0.4, -0.2) is 35.3 Å². The first kappa shape index (κ1) is 18.4. The van der Waals surface area contributed by atoms with Crippen LogP contribution in [0.15, 0.2) is 45.6 Å². The first-order valence-electron chi connectivity index (χ1n) is 7.72. The fraction of sp³-hybridized carbons (Fsp3) is 0.105. The van der Waals surface area contributed by atoms with Gasteiger partial charge in [-0.1, -0.05) is 36.5 Å². The molecular formula is C19H14O7S. The normalized spacial score (nSPS) is 10.6. The third-order valence-electron chi connectivity index (χ3n) is 3.80. The number of carboxylic acid groups (broad SMARTS) is 1. The number of carboxylic acids is 1. The second kappa shape index (κ2) is 7.46. The smallest absolute Gasteiger partial charge is 0.341 e. The van der Waals surface area contributed by atoms with Crippen molar-refractivity contribution >= 4 is 34.5 Å². The highest BCUT2D eigenvalue weighted by Crippen LogP contribution is 2.42. The van der Waals surface area contributed by atoms with Gasteiger partial charge in [0, 0.05) is 23.1 Å². The number of methoxy groups -OCH3 is 1. The number of benzene rings is 2. The molecule has 1 heterocycles. The number of hydrogen-bond acceptors (Lipinski definition) is 7. The Balaban J connectivity index is 2.18. The van der Waals surface area contributed by atoms with Crippen LogP contribution in [0.3, 0.4) is 0 Å². The van der Waals surface area contributed by atoms with E-state index in [4.69, 9.17) is 31.2 Å². The molecule has 2 N–H and O–H groups in total. The Hall–Kier alpha value is -3.39. The second-order valence-corrected chi connectivity index (χ2v) is 5.76. The molecule has 0 amide bonds. The maximum absolute atomic E-state index is 12.5. The molecule has 1 aromatic heterocycles. The molecule has 0 aliphatic rings. The van der Waals surface area contributed by atoms with Gasteiger partial charge in [-0.25, -0.2) is 4.79 Å². The second-order valence-electron chi connectivity index (χ2n) is 5.53. The Morgan fingerprint density at radius 1 is 1.26 bits per heavy atom. The average molecular weight is 386 g/mol. The number of thiocarbonyl (C=S) groups is 1. The van der Waals surface area contributed by atoms with Crippen molar-refractivity contribution in [1.29, 1.82) is 0 Å². The molecule has 0 aliphatic heterocycles. The molecule has 0 radical (unpaired) electrons. The Labute approximate surface area is 158 Å². The van der Waals surface area contributed by atoms with Gasteiger partial charge in [-0.2, -0.15) is 0 Å². The summed E-state index contributed by atoms with van der Waals surface area (Å²) in [6, 6.07) is 9.61. The molecule has 0 saturated heterocycles. The van der Waals surface area contributed by atoms with Crippen molar-refractivity contribution in [3.63, 3.8) is 0 Å². The number of ether oxygens (including phenoxy) is 2. The van der Waals surface area contributed by atoms with Crippen LogP contribution in [0.2, 0.25) is 0 Å². The standard InChI is InChI=1S/C19H14O7S/c1-24-19-15(25-8-16(21)22)7-14-17(18(19)23)12(20)6-13(26-14)11-4-2-10(9-27)3-5-11/h2-7,9,23H,8H2,1H3,(H,21,22). The van der Waals surface area contributed by atoms with Crippen LogP contribution < -0.4 is 14.9 Å². The highest BCUT2D eigenvalue weighted by atomic mass is 32.1. The predicted octanol–water partition coefficient (Wildman–Crippen LogP) is 2.99. The van der Waals surface area contributed by atoms with Gasteiger partial charge in [-0.3, -0.25) is 4.79 Å². The zero-order valence-electron chi connectivity index (χ0n) is 14.1. The van der Waals surface area contributed by atoms with Crippen LogP contribution in [-0.2, 0) is 4.79 Å². The molecule has 0 bridgehead atoms. The summed E-state index contributed by atoms with van der Waals surface area (Å²) >= 11 is 4.86. The summed E-state index contributed by atoms with van der Waals surface area (Å²) in [5, 5.41) is 20.6. The highest BCUT2D eigenvalue weighted by molar-refractivity contribution is 7.79. The maximum atomic E-state index is 12.5. The number of rotatable bonds is 6. The zero-order valence-corrected chi connectivity index (χ0v) is 14.9. The topological polar surface area (TPSA) is 106 Å². The summed E-state index contributed by atoms with van der Waals surface area (Å²) < 4.78 is 15.9. The summed E-state index contributed by atoms with van der Waals surface area (Å²) in [5.74, 6) is -1.61. The minimum absolute atomic E-state index is 0.0371. The molecule has 3 rings (SSSR count). The van der Waals surface area contributed by atoms with Gasteiger partial charge in [0.05, 0.1) is 7.11 Å². The van der Waals surface area contributed by atoms with Crippen LogP contribution in [0.1, 0.15) is 5.56 Å². The summed E-state index contributed by atoms with van der Waals surface area (Å²) in [4.78, 5) is 23.3. The van der Waals surface area contributed by atoms with Crippen LogP contribution >= 0.6 is 12.2 Å². The molecule has 27 heavy (non-hydrogen) atoms. The van der Waals surface area contributed by atoms with Gasteiger partial charge >= 0.3 is 5.97 Å². The Morgan fingerprint density at radius 3 is 2.56 bits per heavy atom. The minimum Gasteiger partial charge on any atom is -0.504 e. The van der Waals surface area contributed by atoms with Gasteiger partial charge in [0.1, 0.15) is 16.7 Å². The predicted molar refractivity (Wildman–Crippen MR) is 102 cm³/mol. The van der Waals surface area contributed by atoms with Gasteiger partial charge < -0.3 is 24.1 Å². The summed E-state index contributed by atoms with van der Waals surface area (Å²) in [7, 11) is 1.27. The van der Waals surface area contributed by atoms with Gasteiger partial charge in [0.25, 0.3) is 0 Å².